The van der Waals surface area contributed by atoms with Crippen molar-refractivity contribution in [3.8, 4) is 17.1 Å². The van der Waals surface area contributed by atoms with E-state index in [2.05, 4.69) is 26.1 Å². The first-order valence-corrected chi connectivity index (χ1v) is 15.4. The topological polar surface area (TPSA) is 68.1 Å². The van der Waals surface area contributed by atoms with Crippen molar-refractivity contribution in [3.63, 3.8) is 0 Å². The van der Waals surface area contributed by atoms with Crippen LogP contribution in [-0.4, -0.2) is 33.7 Å². The van der Waals surface area contributed by atoms with Gasteiger partial charge in [0.25, 0.3) is 0 Å². The smallest absolute Gasteiger partial charge is 0.243 e. The minimum Gasteiger partial charge on any atom is -0.270 e. The van der Waals surface area contributed by atoms with Crippen LogP contribution in [0.25, 0.3) is 17.1 Å². The molecule has 0 saturated carbocycles. The Bertz CT molecular complexity index is 1570. The standard InChI is InChI=1S/C29H25BrN4O2S2/c1-37-29-32-31-28(34(29)26-16-14-25(30)15-17-26)24-12-18-27(19-13-24)38(35,36)33(20-22-8-4-2-5-9-22)21-23-10-6-3-7-11-23/h2-19H,20-21H2,1H3. The first-order valence-electron chi connectivity index (χ1n) is 11.9. The first kappa shape index (κ1) is 26.4. The van der Waals surface area contributed by atoms with E-state index in [1.54, 1.807) is 24.3 Å². The second kappa shape index (κ2) is 11.7. The van der Waals surface area contributed by atoms with E-state index in [0.29, 0.717) is 5.82 Å². The van der Waals surface area contributed by atoms with Gasteiger partial charge in [-0.15, -0.1) is 10.2 Å². The summed E-state index contributed by atoms with van der Waals surface area (Å²) in [5.41, 5.74) is 3.55. The van der Waals surface area contributed by atoms with Crippen LogP contribution in [0.15, 0.2) is 124 Å². The lowest BCUT2D eigenvalue weighted by atomic mass is 10.2. The molecule has 0 N–H and O–H groups in total. The summed E-state index contributed by atoms with van der Waals surface area (Å²) in [6.07, 6.45) is 1.95. The molecule has 0 bridgehead atoms. The van der Waals surface area contributed by atoms with Gasteiger partial charge in [-0.1, -0.05) is 88.4 Å². The Labute approximate surface area is 235 Å². The van der Waals surface area contributed by atoms with Gasteiger partial charge in [-0.3, -0.25) is 4.57 Å². The number of hydrogen-bond donors (Lipinski definition) is 0. The van der Waals surface area contributed by atoms with Gasteiger partial charge in [0.15, 0.2) is 11.0 Å². The zero-order valence-corrected chi connectivity index (χ0v) is 23.8. The van der Waals surface area contributed by atoms with Crippen LogP contribution < -0.4 is 0 Å². The lowest BCUT2D eigenvalue weighted by Gasteiger charge is -2.23. The molecule has 0 radical (unpaired) electrons. The molecular formula is C29H25BrN4O2S2. The highest BCUT2D eigenvalue weighted by atomic mass is 79.9. The fourth-order valence-corrected chi connectivity index (χ4v) is 6.31. The van der Waals surface area contributed by atoms with Gasteiger partial charge in [-0.2, -0.15) is 4.31 Å². The van der Waals surface area contributed by atoms with Crippen LogP contribution >= 0.6 is 27.7 Å². The summed E-state index contributed by atoms with van der Waals surface area (Å²) in [6.45, 7) is 0.545. The molecule has 1 aromatic heterocycles. The minimum atomic E-state index is -3.78. The Morgan fingerprint density at radius 3 is 1.84 bits per heavy atom. The number of nitrogens with zero attached hydrogens (tertiary/aromatic N) is 4. The summed E-state index contributed by atoms with van der Waals surface area (Å²) < 4.78 is 32.2. The van der Waals surface area contributed by atoms with E-state index in [9.17, 15) is 8.42 Å². The average molecular weight is 606 g/mol. The van der Waals surface area contributed by atoms with Crippen LogP contribution in [0.3, 0.4) is 0 Å². The fraction of sp³-hybridized carbons (Fsp3) is 0.103. The molecule has 0 aliphatic heterocycles. The van der Waals surface area contributed by atoms with Gasteiger partial charge in [-0.25, -0.2) is 8.42 Å². The number of thioether (sulfide) groups is 1. The minimum absolute atomic E-state index is 0.230. The summed E-state index contributed by atoms with van der Waals surface area (Å²) >= 11 is 4.98. The molecule has 5 aromatic rings. The normalized spacial score (nSPS) is 11.7. The summed E-state index contributed by atoms with van der Waals surface area (Å²) in [6, 6.07) is 34.1. The van der Waals surface area contributed by atoms with E-state index in [-0.39, 0.29) is 18.0 Å². The van der Waals surface area contributed by atoms with E-state index in [1.165, 1.54) is 16.1 Å². The SMILES string of the molecule is CSc1nnc(-c2ccc(S(=O)(=O)N(Cc3ccccc3)Cc3ccccc3)cc2)n1-c1ccc(Br)cc1. The van der Waals surface area contributed by atoms with Gasteiger partial charge in [0.2, 0.25) is 10.0 Å². The number of rotatable bonds is 9. The average Bonchev–Trinajstić information content (AvgIpc) is 3.38. The van der Waals surface area contributed by atoms with Gasteiger partial charge < -0.3 is 0 Å². The number of benzene rings is 4. The summed E-state index contributed by atoms with van der Waals surface area (Å²) in [7, 11) is -3.78. The largest absolute Gasteiger partial charge is 0.270 e. The lowest BCUT2D eigenvalue weighted by Crippen LogP contribution is -2.30. The second-order valence-corrected chi connectivity index (χ2v) is 12.2. The third kappa shape index (κ3) is 5.76. The van der Waals surface area contributed by atoms with Crippen LogP contribution in [0.4, 0.5) is 0 Å². The fourth-order valence-electron chi connectivity index (χ4n) is 4.14. The van der Waals surface area contributed by atoms with Crippen LogP contribution in [-0.2, 0) is 23.1 Å². The zero-order valence-electron chi connectivity index (χ0n) is 20.6. The summed E-state index contributed by atoms with van der Waals surface area (Å²) in [5, 5.41) is 9.50. The monoisotopic (exact) mass is 604 g/mol. The quantitative estimate of drug-likeness (QED) is 0.173. The number of hydrogen-bond acceptors (Lipinski definition) is 5. The molecule has 0 atom stereocenters. The van der Waals surface area contributed by atoms with Crippen LogP contribution in [0.5, 0.6) is 0 Å². The number of halogens is 1. The van der Waals surface area contributed by atoms with Crippen LogP contribution in [0.1, 0.15) is 11.1 Å². The maximum atomic E-state index is 13.8. The van der Waals surface area contributed by atoms with Crippen molar-refractivity contribution in [2.45, 2.75) is 23.1 Å². The first-order chi connectivity index (χ1) is 18.5. The predicted octanol–water partition coefficient (Wildman–Crippen LogP) is 6.81. The van der Waals surface area contributed by atoms with E-state index in [4.69, 9.17) is 0 Å². The van der Waals surface area contributed by atoms with Crippen LogP contribution in [0, 0.1) is 0 Å². The van der Waals surface area contributed by atoms with Crippen molar-refractivity contribution in [1.82, 2.24) is 19.1 Å². The lowest BCUT2D eigenvalue weighted by molar-refractivity contribution is 0.401. The molecule has 0 spiro atoms. The number of sulfonamides is 1. The molecule has 0 saturated heterocycles. The highest BCUT2D eigenvalue weighted by molar-refractivity contribution is 9.10. The molecule has 192 valence electrons. The van der Waals surface area contributed by atoms with E-state index in [1.807, 2.05) is 95.8 Å². The van der Waals surface area contributed by atoms with E-state index >= 15 is 0 Å². The molecule has 9 heteroatoms. The molecule has 0 aliphatic carbocycles. The molecule has 0 aliphatic rings. The number of aromatic nitrogens is 3. The van der Waals surface area contributed by atoms with Crippen molar-refractivity contribution in [1.29, 1.82) is 0 Å². The molecule has 0 unspecified atom stereocenters. The van der Waals surface area contributed by atoms with Crippen molar-refractivity contribution in [2.75, 3.05) is 6.26 Å². The van der Waals surface area contributed by atoms with Crippen LogP contribution in [0.2, 0.25) is 0 Å². The third-order valence-electron chi connectivity index (χ3n) is 6.05. The Balaban J connectivity index is 1.49. The Hall–Kier alpha value is -3.24. The van der Waals surface area contributed by atoms with Crippen molar-refractivity contribution >= 4 is 37.7 Å². The van der Waals surface area contributed by atoms with E-state index in [0.717, 1.165) is 32.0 Å². The Kier molecular flexibility index (Phi) is 8.09. The maximum Gasteiger partial charge on any atom is 0.243 e. The summed E-state index contributed by atoms with van der Waals surface area (Å²) in [4.78, 5) is 0.230. The second-order valence-electron chi connectivity index (χ2n) is 8.59. The highest BCUT2D eigenvalue weighted by Crippen LogP contribution is 2.29. The van der Waals surface area contributed by atoms with E-state index < -0.39 is 10.0 Å². The Morgan fingerprint density at radius 1 is 0.763 bits per heavy atom. The van der Waals surface area contributed by atoms with Crippen molar-refractivity contribution in [2.24, 2.45) is 0 Å². The molecule has 0 amide bonds. The maximum absolute atomic E-state index is 13.8. The van der Waals surface area contributed by atoms with Gasteiger partial charge >= 0.3 is 0 Å². The third-order valence-corrected chi connectivity index (χ3v) is 9.02. The van der Waals surface area contributed by atoms with Gasteiger partial charge in [0.05, 0.1) is 4.90 Å². The molecule has 0 fully saturated rings. The van der Waals surface area contributed by atoms with Gasteiger partial charge in [0.1, 0.15) is 0 Å². The van der Waals surface area contributed by atoms with Gasteiger partial charge in [0, 0.05) is 28.8 Å². The molecule has 1 heterocycles. The molecule has 38 heavy (non-hydrogen) atoms. The van der Waals surface area contributed by atoms with Gasteiger partial charge in [-0.05, 0) is 65.9 Å². The zero-order chi connectivity index (χ0) is 26.5. The molecular weight excluding hydrogens is 580 g/mol. The molecule has 4 aromatic carbocycles. The van der Waals surface area contributed by atoms with Crippen molar-refractivity contribution < 1.29 is 8.42 Å². The summed E-state index contributed by atoms with van der Waals surface area (Å²) in [5.74, 6) is 0.644. The highest BCUT2D eigenvalue weighted by Gasteiger charge is 2.25. The predicted molar refractivity (Wildman–Crippen MR) is 156 cm³/mol. The van der Waals surface area contributed by atoms with Crippen molar-refractivity contribution in [3.05, 3.63) is 125 Å². The molecule has 5 rings (SSSR count). The molecule has 6 nitrogen and oxygen atoms in total. The Morgan fingerprint density at radius 2 is 1.32 bits per heavy atom.